The summed E-state index contributed by atoms with van der Waals surface area (Å²) in [6, 6.07) is 10.5. The third-order valence-electron chi connectivity index (χ3n) is 3.78. The molecular weight excluding hydrogens is 248 g/mol. The molecule has 3 heteroatoms. The average molecular weight is 268 g/mol. The second-order valence-corrected chi connectivity index (χ2v) is 5.30. The first kappa shape index (κ1) is 13.1. The van der Waals surface area contributed by atoms with Crippen molar-refractivity contribution in [2.75, 3.05) is 24.6 Å². The van der Waals surface area contributed by atoms with Crippen molar-refractivity contribution in [3.05, 3.63) is 48.6 Å². The molecule has 1 aromatic carbocycles. The van der Waals surface area contributed by atoms with Gasteiger partial charge < -0.3 is 9.64 Å². The molecule has 104 valence electrons. The molecule has 0 saturated carbocycles. The van der Waals surface area contributed by atoms with Crippen molar-refractivity contribution in [2.24, 2.45) is 0 Å². The van der Waals surface area contributed by atoms with Crippen LogP contribution in [0.1, 0.15) is 12.0 Å². The number of anilines is 1. The van der Waals surface area contributed by atoms with Crippen LogP contribution in [0.25, 0.3) is 10.9 Å². The van der Waals surface area contributed by atoms with Crippen LogP contribution in [0.2, 0.25) is 0 Å². The lowest BCUT2D eigenvalue weighted by Crippen LogP contribution is -2.24. The van der Waals surface area contributed by atoms with Gasteiger partial charge in [0.05, 0.1) is 18.2 Å². The quantitative estimate of drug-likeness (QED) is 0.795. The monoisotopic (exact) mass is 268 g/mol. The Morgan fingerprint density at radius 3 is 3.15 bits per heavy atom. The summed E-state index contributed by atoms with van der Waals surface area (Å²) >= 11 is 0. The van der Waals surface area contributed by atoms with Crippen LogP contribution in [0.5, 0.6) is 0 Å². The lowest BCUT2D eigenvalue weighted by molar-refractivity contribution is 0.0909. The van der Waals surface area contributed by atoms with Gasteiger partial charge >= 0.3 is 0 Å². The van der Waals surface area contributed by atoms with Crippen molar-refractivity contribution in [1.29, 1.82) is 0 Å². The molecule has 1 aliphatic rings. The van der Waals surface area contributed by atoms with E-state index in [9.17, 15) is 0 Å². The summed E-state index contributed by atoms with van der Waals surface area (Å²) in [4.78, 5) is 7.15. The van der Waals surface area contributed by atoms with Gasteiger partial charge in [-0.15, -0.1) is 6.58 Å². The standard InChI is InChI=1S/C17H20N2O/c1-3-10-20-15-8-9-19(12-15)17-13(2)11-14-6-4-5-7-16(14)18-17/h3-7,11,15H,1,8-10,12H2,2H3. The van der Waals surface area contributed by atoms with E-state index in [0.29, 0.717) is 12.7 Å². The maximum absolute atomic E-state index is 5.74. The first-order valence-corrected chi connectivity index (χ1v) is 7.12. The average Bonchev–Trinajstić information content (AvgIpc) is 2.93. The van der Waals surface area contributed by atoms with Crippen molar-refractivity contribution in [3.8, 4) is 0 Å². The van der Waals surface area contributed by atoms with E-state index < -0.39 is 0 Å². The predicted molar refractivity (Wildman–Crippen MR) is 83.2 cm³/mol. The van der Waals surface area contributed by atoms with Gasteiger partial charge in [0.25, 0.3) is 0 Å². The molecule has 3 rings (SSSR count). The van der Waals surface area contributed by atoms with E-state index in [1.54, 1.807) is 0 Å². The van der Waals surface area contributed by atoms with Crippen LogP contribution in [-0.2, 0) is 4.74 Å². The van der Waals surface area contributed by atoms with Gasteiger partial charge in [0.1, 0.15) is 5.82 Å². The number of hydrogen-bond donors (Lipinski definition) is 0. The molecule has 1 aromatic heterocycles. The Morgan fingerprint density at radius 1 is 1.45 bits per heavy atom. The molecule has 20 heavy (non-hydrogen) atoms. The molecule has 2 heterocycles. The Bertz CT molecular complexity index is 623. The molecule has 0 aliphatic carbocycles. The van der Waals surface area contributed by atoms with E-state index in [0.717, 1.165) is 30.8 Å². The topological polar surface area (TPSA) is 25.4 Å². The fourth-order valence-electron chi connectivity index (χ4n) is 2.79. The van der Waals surface area contributed by atoms with Crippen LogP contribution in [-0.4, -0.2) is 30.8 Å². The summed E-state index contributed by atoms with van der Waals surface area (Å²) in [6.07, 6.45) is 3.16. The largest absolute Gasteiger partial charge is 0.372 e. The number of aromatic nitrogens is 1. The Labute approximate surface area is 119 Å². The van der Waals surface area contributed by atoms with Gasteiger partial charge in [0.15, 0.2) is 0 Å². The first-order valence-electron chi connectivity index (χ1n) is 7.12. The highest BCUT2D eigenvalue weighted by Crippen LogP contribution is 2.26. The Balaban J connectivity index is 1.83. The molecule has 1 fully saturated rings. The van der Waals surface area contributed by atoms with Crippen LogP contribution in [0.3, 0.4) is 0 Å². The third-order valence-corrected chi connectivity index (χ3v) is 3.78. The minimum Gasteiger partial charge on any atom is -0.372 e. The zero-order valence-electron chi connectivity index (χ0n) is 11.9. The molecule has 1 unspecified atom stereocenters. The minimum absolute atomic E-state index is 0.292. The van der Waals surface area contributed by atoms with Crippen LogP contribution in [0, 0.1) is 6.92 Å². The third kappa shape index (κ3) is 2.54. The SMILES string of the molecule is C=CCOC1CCN(c2nc3ccccc3cc2C)C1. The summed E-state index contributed by atoms with van der Waals surface area (Å²) in [7, 11) is 0. The van der Waals surface area contributed by atoms with E-state index in [-0.39, 0.29) is 0 Å². The van der Waals surface area contributed by atoms with Gasteiger partial charge in [0.2, 0.25) is 0 Å². The fraction of sp³-hybridized carbons (Fsp3) is 0.353. The Hall–Kier alpha value is -1.87. The Morgan fingerprint density at radius 2 is 2.30 bits per heavy atom. The lowest BCUT2D eigenvalue weighted by atomic mass is 10.1. The Kier molecular flexibility index (Phi) is 3.70. The summed E-state index contributed by atoms with van der Waals surface area (Å²) in [5.41, 5.74) is 2.29. The van der Waals surface area contributed by atoms with Gasteiger partial charge in [-0.25, -0.2) is 4.98 Å². The van der Waals surface area contributed by atoms with Gasteiger partial charge in [0, 0.05) is 18.5 Å². The number of rotatable bonds is 4. The van der Waals surface area contributed by atoms with E-state index in [4.69, 9.17) is 9.72 Å². The maximum atomic E-state index is 5.74. The fourth-order valence-corrected chi connectivity index (χ4v) is 2.79. The number of ether oxygens (including phenoxy) is 1. The molecule has 1 atom stereocenters. The summed E-state index contributed by atoms with van der Waals surface area (Å²) in [6.45, 7) is 8.38. The molecule has 3 nitrogen and oxygen atoms in total. The van der Waals surface area contributed by atoms with Crippen molar-refractivity contribution >= 4 is 16.7 Å². The summed E-state index contributed by atoms with van der Waals surface area (Å²) in [5.74, 6) is 1.09. The maximum Gasteiger partial charge on any atom is 0.132 e. The van der Waals surface area contributed by atoms with Gasteiger partial charge in [-0.05, 0) is 31.0 Å². The molecule has 0 amide bonds. The van der Waals surface area contributed by atoms with Crippen molar-refractivity contribution in [3.63, 3.8) is 0 Å². The van der Waals surface area contributed by atoms with E-state index >= 15 is 0 Å². The molecule has 0 N–H and O–H groups in total. The highest BCUT2D eigenvalue weighted by Gasteiger charge is 2.24. The van der Waals surface area contributed by atoms with E-state index in [1.165, 1.54) is 10.9 Å². The number of aryl methyl sites for hydroxylation is 1. The van der Waals surface area contributed by atoms with Crippen molar-refractivity contribution in [2.45, 2.75) is 19.4 Å². The normalized spacial score (nSPS) is 18.6. The number of fused-ring (bicyclic) bond motifs is 1. The predicted octanol–water partition coefficient (Wildman–Crippen LogP) is 3.32. The summed E-state index contributed by atoms with van der Waals surface area (Å²) in [5, 5.41) is 1.20. The molecule has 0 spiro atoms. The number of para-hydroxylation sites is 1. The van der Waals surface area contributed by atoms with Crippen molar-refractivity contribution < 1.29 is 4.74 Å². The second-order valence-electron chi connectivity index (χ2n) is 5.30. The molecule has 1 aliphatic heterocycles. The summed E-state index contributed by atoms with van der Waals surface area (Å²) < 4.78 is 5.74. The van der Waals surface area contributed by atoms with Crippen LogP contribution < -0.4 is 4.90 Å². The van der Waals surface area contributed by atoms with Gasteiger partial charge in [-0.1, -0.05) is 24.3 Å². The molecule has 2 aromatic rings. The van der Waals surface area contributed by atoms with E-state index in [2.05, 4.69) is 42.7 Å². The minimum atomic E-state index is 0.292. The van der Waals surface area contributed by atoms with Crippen LogP contribution in [0.4, 0.5) is 5.82 Å². The van der Waals surface area contributed by atoms with Crippen molar-refractivity contribution in [1.82, 2.24) is 4.98 Å². The first-order chi connectivity index (χ1) is 9.78. The number of pyridine rings is 1. The molecule has 0 radical (unpaired) electrons. The van der Waals surface area contributed by atoms with Crippen LogP contribution >= 0.6 is 0 Å². The molecular formula is C17H20N2O. The number of hydrogen-bond acceptors (Lipinski definition) is 3. The molecule has 1 saturated heterocycles. The van der Waals surface area contributed by atoms with Gasteiger partial charge in [-0.3, -0.25) is 0 Å². The van der Waals surface area contributed by atoms with E-state index in [1.807, 2.05) is 12.1 Å². The number of benzene rings is 1. The second kappa shape index (κ2) is 5.63. The zero-order valence-corrected chi connectivity index (χ0v) is 11.9. The smallest absolute Gasteiger partial charge is 0.132 e. The zero-order chi connectivity index (χ0) is 13.9. The molecule has 0 bridgehead atoms. The van der Waals surface area contributed by atoms with Crippen LogP contribution in [0.15, 0.2) is 43.0 Å². The lowest BCUT2D eigenvalue weighted by Gasteiger charge is -2.20. The highest BCUT2D eigenvalue weighted by molar-refractivity contribution is 5.81. The highest BCUT2D eigenvalue weighted by atomic mass is 16.5. The number of nitrogens with zero attached hydrogens (tertiary/aromatic N) is 2. The van der Waals surface area contributed by atoms with Gasteiger partial charge in [-0.2, -0.15) is 0 Å².